The molecular weight excluding hydrogens is 354 g/mol. The molecule has 0 saturated heterocycles. The third-order valence-corrected chi connectivity index (χ3v) is 7.07. The molecule has 126 valence electrons. The average Bonchev–Trinajstić information content (AvgIpc) is 2.86. The molecule has 0 aliphatic heterocycles. The minimum atomic E-state index is 0.125. The van der Waals surface area contributed by atoms with Crippen molar-refractivity contribution >= 4 is 21.8 Å². The first-order chi connectivity index (χ1) is 10.9. The lowest BCUT2D eigenvalue weighted by Gasteiger charge is -2.60. The van der Waals surface area contributed by atoms with Crippen LogP contribution in [0.3, 0.4) is 0 Å². The molecule has 5 rings (SSSR count). The van der Waals surface area contributed by atoms with Crippen molar-refractivity contribution in [3.8, 4) is 0 Å². The molecule has 4 aliphatic rings. The van der Waals surface area contributed by atoms with Gasteiger partial charge >= 0.3 is 0 Å². The maximum Gasteiger partial charge on any atom is 0.220 e. The van der Waals surface area contributed by atoms with Gasteiger partial charge in [-0.15, -0.1) is 0 Å². The highest BCUT2D eigenvalue weighted by molar-refractivity contribution is 9.10. The normalized spacial score (nSPS) is 39.4. The number of alkyl halides is 1. The molecule has 4 aliphatic carbocycles. The van der Waals surface area contributed by atoms with Crippen LogP contribution in [0.4, 0.5) is 0 Å². The van der Waals surface area contributed by atoms with E-state index in [9.17, 15) is 4.79 Å². The Bertz CT molecular complexity index is 568. The van der Waals surface area contributed by atoms with Crippen LogP contribution in [0.25, 0.3) is 0 Å². The lowest BCUT2D eigenvalue weighted by atomic mass is 9.48. The molecule has 4 heteroatoms. The maximum atomic E-state index is 12.6. The molecule has 1 heterocycles. The number of carbonyl (C=O) groups excluding carboxylic acids is 1. The molecule has 3 nitrogen and oxygen atoms in total. The van der Waals surface area contributed by atoms with Crippen LogP contribution in [0.5, 0.6) is 0 Å². The fourth-order valence-corrected chi connectivity index (χ4v) is 7.50. The lowest BCUT2D eigenvalue weighted by Crippen LogP contribution is -2.54. The summed E-state index contributed by atoms with van der Waals surface area (Å²) in [6, 6.07) is 3.99. The molecule has 0 spiro atoms. The predicted octanol–water partition coefficient (Wildman–Crippen LogP) is 4.45. The summed E-state index contributed by atoms with van der Waals surface area (Å²) >= 11 is 4.03. The Kier molecular flexibility index (Phi) is 3.86. The van der Waals surface area contributed by atoms with Crippen LogP contribution in [0.2, 0.25) is 0 Å². The van der Waals surface area contributed by atoms with Crippen LogP contribution in [0.15, 0.2) is 22.8 Å². The molecule has 4 bridgehead atoms. The van der Waals surface area contributed by atoms with E-state index in [4.69, 9.17) is 4.42 Å². The van der Waals surface area contributed by atoms with Crippen molar-refractivity contribution in [3.05, 3.63) is 24.2 Å². The molecule has 4 fully saturated rings. The highest BCUT2D eigenvalue weighted by Gasteiger charge is 2.57. The fraction of sp³-hybridized carbons (Fsp3) is 0.737. The number of furan rings is 1. The lowest BCUT2D eigenvalue weighted by molar-refractivity contribution is -0.128. The van der Waals surface area contributed by atoms with Gasteiger partial charge in [0.1, 0.15) is 5.76 Å². The Hall–Kier alpha value is -0.770. The molecule has 1 aromatic rings. The summed E-state index contributed by atoms with van der Waals surface area (Å²) in [4.78, 5) is 12.6. The van der Waals surface area contributed by atoms with Gasteiger partial charge in [-0.05, 0) is 74.8 Å². The van der Waals surface area contributed by atoms with E-state index in [1.165, 1.54) is 38.5 Å². The minimum absolute atomic E-state index is 0.125. The average molecular weight is 380 g/mol. The van der Waals surface area contributed by atoms with Gasteiger partial charge in [-0.1, -0.05) is 15.9 Å². The number of halogens is 1. The van der Waals surface area contributed by atoms with Gasteiger partial charge in [0, 0.05) is 23.2 Å². The van der Waals surface area contributed by atoms with E-state index in [1.54, 1.807) is 6.26 Å². The van der Waals surface area contributed by atoms with E-state index < -0.39 is 0 Å². The fourth-order valence-electron chi connectivity index (χ4n) is 5.99. The molecule has 1 N–H and O–H groups in total. The van der Waals surface area contributed by atoms with Gasteiger partial charge in [-0.3, -0.25) is 4.79 Å². The second kappa shape index (κ2) is 5.65. The number of hydrogen-bond acceptors (Lipinski definition) is 2. The molecule has 1 amide bonds. The van der Waals surface area contributed by atoms with E-state index in [2.05, 4.69) is 28.2 Å². The van der Waals surface area contributed by atoms with Crippen molar-refractivity contribution in [3.63, 3.8) is 0 Å². The Morgan fingerprint density at radius 1 is 1.39 bits per heavy atom. The number of carbonyl (C=O) groups is 1. The van der Waals surface area contributed by atoms with Gasteiger partial charge in [-0.2, -0.15) is 0 Å². The highest BCUT2D eigenvalue weighted by Crippen LogP contribution is 2.65. The van der Waals surface area contributed by atoms with Crippen LogP contribution in [0, 0.1) is 17.3 Å². The van der Waals surface area contributed by atoms with Crippen LogP contribution in [-0.2, 0) is 11.2 Å². The van der Waals surface area contributed by atoms with Crippen molar-refractivity contribution in [2.45, 2.75) is 68.7 Å². The van der Waals surface area contributed by atoms with Crippen LogP contribution in [-0.4, -0.2) is 16.3 Å². The van der Waals surface area contributed by atoms with E-state index in [0.29, 0.717) is 10.7 Å². The number of nitrogens with one attached hydrogen (secondary N) is 1. The van der Waals surface area contributed by atoms with Crippen molar-refractivity contribution in [1.82, 2.24) is 5.32 Å². The Morgan fingerprint density at radius 2 is 2.13 bits per heavy atom. The molecular formula is C19H26BrNO2. The smallest absolute Gasteiger partial charge is 0.220 e. The number of hydrogen-bond donors (Lipinski definition) is 1. The second-order valence-electron chi connectivity index (χ2n) is 8.54. The van der Waals surface area contributed by atoms with Gasteiger partial charge in [0.05, 0.1) is 6.26 Å². The summed E-state index contributed by atoms with van der Waals surface area (Å²) in [5.41, 5.74) is 0.252. The van der Waals surface area contributed by atoms with Gasteiger partial charge < -0.3 is 9.73 Å². The SMILES string of the molecule is CC(Cc1ccco1)NC(=O)CC12CC3CC(CC(Br)(C3)C1)C2. The Balaban J connectivity index is 1.37. The largest absolute Gasteiger partial charge is 0.469 e. The van der Waals surface area contributed by atoms with Crippen LogP contribution >= 0.6 is 15.9 Å². The zero-order chi connectivity index (χ0) is 16.1. The predicted molar refractivity (Wildman–Crippen MR) is 93.4 cm³/mol. The van der Waals surface area contributed by atoms with Crippen molar-refractivity contribution in [1.29, 1.82) is 0 Å². The van der Waals surface area contributed by atoms with Gasteiger partial charge in [0.2, 0.25) is 5.91 Å². The Morgan fingerprint density at radius 3 is 2.74 bits per heavy atom. The molecule has 23 heavy (non-hydrogen) atoms. The molecule has 0 radical (unpaired) electrons. The monoisotopic (exact) mass is 379 g/mol. The van der Waals surface area contributed by atoms with Crippen molar-refractivity contribution in [2.75, 3.05) is 0 Å². The van der Waals surface area contributed by atoms with Crippen LogP contribution in [0.1, 0.15) is 57.6 Å². The Labute approximate surface area is 146 Å². The van der Waals surface area contributed by atoms with Crippen molar-refractivity contribution < 1.29 is 9.21 Å². The molecule has 4 saturated carbocycles. The first kappa shape index (κ1) is 15.7. The van der Waals surface area contributed by atoms with Gasteiger partial charge in [-0.25, -0.2) is 0 Å². The third-order valence-electron chi connectivity index (χ3n) is 6.14. The summed E-state index contributed by atoms with van der Waals surface area (Å²) in [5.74, 6) is 2.84. The van der Waals surface area contributed by atoms with Gasteiger partial charge in [0.25, 0.3) is 0 Å². The molecule has 1 aromatic heterocycles. The first-order valence-corrected chi connectivity index (χ1v) is 9.74. The zero-order valence-electron chi connectivity index (χ0n) is 13.8. The number of rotatable bonds is 5. The summed E-state index contributed by atoms with van der Waals surface area (Å²) < 4.78 is 5.71. The number of amides is 1. The van der Waals surface area contributed by atoms with E-state index in [-0.39, 0.29) is 17.4 Å². The zero-order valence-corrected chi connectivity index (χ0v) is 15.4. The topological polar surface area (TPSA) is 42.2 Å². The summed E-state index contributed by atoms with van der Waals surface area (Å²) in [6.07, 6.45) is 10.9. The molecule has 0 aromatic carbocycles. The summed E-state index contributed by atoms with van der Waals surface area (Å²) in [5, 5.41) is 3.19. The highest BCUT2D eigenvalue weighted by atomic mass is 79.9. The quantitative estimate of drug-likeness (QED) is 0.767. The summed E-state index contributed by atoms with van der Waals surface area (Å²) in [7, 11) is 0. The van der Waals surface area contributed by atoms with Crippen LogP contribution < -0.4 is 5.32 Å². The summed E-state index contributed by atoms with van der Waals surface area (Å²) in [6.45, 7) is 2.06. The second-order valence-corrected chi connectivity index (χ2v) is 10.2. The van der Waals surface area contributed by atoms with E-state index >= 15 is 0 Å². The standard InChI is InChI=1S/C19H26BrNO2/c1-13(5-16-3-2-4-23-16)21-17(22)11-18-7-14-6-15(8-18)10-19(20,9-14)12-18/h2-4,13-15H,5-12H2,1H3,(H,21,22). The molecule has 3 atom stereocenters. The minimum Gasteiger partial charge on any atom is -0.469 e. The maximum absolute atomic E-state index is 12.6. The van der Waals surface area contributed by atoms with Gasteiger partial charge in [0.15, 0.2) is 0 Å². The van der Waals surface area contributed by atoms with E-state index in [1.807, 2.05) is 12.1 Å². The van der Waals surface area contributed by atoms with E-state index in [0.717, 1.165) is 24.0 Å². The first-order valence-electron chi connectivity index (χ1n) is 8.94. The molecule has 3 unspecified atom stereocenters. The van der Waals surface area contributed by atoms with Crippen molar-refractivity contribution in [2.24, 2.45) is 17.3 Å². The third kappa shape index (κ3) is 3.24.